The first-order chi connectivity index (χ1) is 15.4. The van der Waals surface area contributed by atoms with Crippen LogP contribution >= 0.6 is 0 Å². The highest BCUT2D eigenvalue weighted by molar-refractivity contribution is 6.04. The van der Waals surface area contributed by atoms with Gasteiger partial charge in [-0.05, 0) is 60.4 Å². The first-order valence-corrected chi connectivity index (χ1v) is 10.1. The maximum Gasteiger partial charge on any atom is 0.251 e. The number of nitrogens with zero attached hydrogens (tertiary/aromatic N) is 1. The molecule has 8 heteroatoms. The van der Waals surface area contributed by atoms with E-state index in [2.05, 4.69) is 15.3 Å². The van der Waals surface area contributed by atoms with Gasteiger partial charge in [0.1, 0.15) is 23.0 Å². The summed E-state index contributed by atoms with van der Waals surface area (Å²) in [5.74, 6) is -1.77. The summed E-state index contributed by atoms with van der Waals surface area (Å²) in [7, 11) is 0. The molecule has 0 unspecified atom stereocenters. The third kappa shape index (κ3) is 3.71. The van der Waals surface area contributed by atoms with Crippen LogP contribution in [0.1, 0.15) is 23.2 Å². The number of H-pyrrole nitrogens is 1. The fourth-order valence-corrected chi connectivity index (χ4v) is 3.65. The zero-order valence-corrected chi connectivity index (χ0v) is 16.8. The number of imidazole rings is 1. The molecule has 4 aromatic rings. The minimum absolute atomic E-state index is 0.000306. The van der Waals surface area contributed by atoms with Crippen LogP contribution in [0.2, 0.25) is 0 Å². The quantitative estimate of drug-likeness (QED) is 0.429. The minimum Gasteiger partial charge on any atom is -0.366 e. The van der Waals surface area contributed by atoms with Crippen molar-refractivity contribution in [1.82, 2.24) is 9.97 Å². The van der Waals surface area contributed by atoms with E-state index in [4.69, 9.17) is 5.73 Å². The van der Waals surface area contributed by atoms with Crippen LogP contribution in [0.25, 0.3) is 33.5 Å². The summed E-state index contributed by atoms with van der Waals surface area (Å²) >= 11 is 0. The Morgan fingerprint density at radius 2 is 1.81 bits per heavy atom. The molecule has 1 aromatic heterocycles. The van der Waals surface area contributed by atoms with Crippen molar-refractivity contribution in [2.24, 2.45) is 11.7 Å². The Morgan fingerprint density at radius 1 is 1.03 bits per heavy atom. The average molecular weight is 432 g/mol. The number of hydrogen-bond donors (Lipinski definition) is 3. The molecule has 6 nitrogen and oxygen atoms in total. The van der Waals surface area contributed by atoms with E-state index in [9.17, 15) is 14.0 Å². The van der Waals surface area contributed by atoms with Gasteiger partial charge in [-0.2, -0.15) is 0 Å². The molecule has 0 atom stereocenters. The Kier molecular flexibility index (Phi) is 4.70. The monoisotopic (exact) mass is 432 g/mol. The van der Waals surface area contributed by atoms with Crippen LogP contribution in [-0.2, 0) is 4.79 Å². The maximum absolute atomic E-state index is 15.0. The zero-order chi connectivity index (χ0) is 22.4. The number of primary amides is 1. The van der Waals surface area contributed by atoms with Gasteiger partial charge in [0, 0.05) is 11.6 Å². The summed E-state index contributed by atoms with van der Waals surface area (Å²) in [4.78, 5) is 30.7. The van der Waals surface area contributed by atoms with Crippen LogP contribution in [0.5, 0.6) is 0 Å². The van der Waals surface area contributed by atoms with Crippen molar-refractivity contribution in [2.75, 3.05) is 5.32 Å². The normalized spacial score (nSPS) is 13.3. The van der Waals surface area contributed by atoms with Crippen molar-refractivity contribution in [1.29, 1.82) is 0 Å². The van der Waals surface area contributed by atoms with Gasteiger partial charge in [-0.25, -0.2) is 13.8 Å². The van der Waals surface area contributed by atoms with Crippen LogP contribution in [0.15, 0.2) is 54.6 Å². The van der Waals surface area contributed by atoms with Gasteiger partial charge in [0.05, 0.1) is 16.6 Å². The van der Waals surface area contributed by atoms with Gasteiger partial charge in [0.15, 0.2) is 0 Å². The van der Waals surface area contributed by atoms with E-state index in [0.717, 1.165) is 24.5 Å². The highest BCUT2D eigenvalue weighted by Crippen LogP contribution is 2.32. The summed E-state index contributed by atoms with van der Waals surface area (Å²) in [5.41, 5.74) is 7.84. The molecule has 0 bridgehead atoms. The number of anilines is 1. The Morgan fingerprint density at radius 3 is 2.53 bits per heavy atom. The van der Waals surface area contributed by atoms with Gasteiger partial charge >= 0.3 is 0 Å². The topological polar surface area (TPSA) is 101 Å². The molecule has 2 amide bonds. The predicted octanol–water partition coefficient (Wildman–Crippen LogP) is 4.62. The Bertz CT molecular complexity index is 1390. The molecule has 32 heavy (non-hydrogen) atoms. The lowest BCUT2D eigenvalue weighted by Gasteiger charge is -2.08. The van der Waals surface area contributed by atoms with Gasteiger partial charge in [-0.1, -0.05) is 18.2 Å². The minimum atomic E-state index is -0.822. The molecular weight excluding hydrogens is 414 g/mol. The smallest absolute Gasteiger partial charge is 0.251 e. The van der Waals surface area contributed by atoms with Gasteiger partial charge in [0.2, 0.25) is 5.91 Å². The van der Waals surface area contributed by atoms with E-state index in [0.29, 0.717) is 11.3 Å². The fraction of sp³-hybridized carbons (Fsp3) is 0.125. The zero-order valence-electron chi connectivity index (χ0n) is 16.8. The van der Waals surface area contributed by atoms with Crippen molar-refractivity contribution >= 4 is 28.5 Å². The maximum atomic E-state index is 15.0. The van der Waals surface area contributed by atoms with Crippen molar-refractivity contribution in [3.63, 3.8) is 0 Å². The molecule has 5 rings (SSSR count). The standard InChI is InChI=1S/C24H18F2N4O2/c25-15-10-18(22(27)31)21-20(11-15)29-23(30-21)17-7-6-14(9-19(17)26)13-2-1-3-16(8-13)28-24(32)12-4-5-12/h1-3,6-12H,4-5H2,(H2,27,31)(H,28,32)(H,29,30). The molecule has 1 fully saturated rings. The summed E-state index contributed by atoms with van der Waals surface area (Å²) in [6.07, 6.45) is 1.82. The molecule has 4 N–H and O–H groups in total. The van der Waals surface area contributed by atoms with Crippen molar-refractivity contribution in [3.05, 3.63) is 71.8 Å². The van der Waals surface area contributed by atoms with E-state index < -0.39 is 17.5 Å². The van der Waals surface area contributed by atoms with Crippen LogP contribution < -0.4 is 11.1 Å². The second-order valence-corrected chi connectivity index (χ2v) is 7.84. The molecule has 0 spiro atoms. The molecule has 1 saturated carbocycles. The van der Waals surface area contributed by atoms with E-state index in [1.165, 1.54) is 12.1 Å². The molecular formula is C24H18F2N4O2. The highest BCUT2D eigenvalue weighted by Gasteiger charge is 2.29. The van der Waals surface area contributed by atoms with E-state index >= 15 is 4.39 Å². The number of amides is 2. The third-order valence-electron chi connectivity index (χ3n) is 5.45. The first-order valence-electron chi connectivity index (χ1n) is 10.1. The van der Waals surface area contributed by atoms with Crippen LogP contribution in [-0.4, -0.2) is 21.8 Å². The van der Waals surface area contributed by atoms with Crippen molar-refractivity contribution < 1.29 is 18.4 Å². The lowest BCUT2D eigenvalue weighted by atomic mass is 10.0. The van der Waals surface area contributed by atoms with Gasteiger partial charge in [0.25, 0.3) is 5.91 Å². The highest BCUT2D eigenvalue weighted by atomic mass is 19.1. The number of benzene rings is 3. The second-order valence-electron chi connectivity index (χ2n) is 7.84. The summed E-state index contributed by atoms with van der Waals surface area (Å²) < 4.78 is 28.8. The van der Waals surface area contributed by atoms with Crippen LogP contribution in [0.3, 0.4) is 0 Å². The summed E-state index contributed by atoms with van der Waals surface area (Å²) in [6.45, 7) is 0. The third-order valence-corrected chi connectivity index (χ3v) is 5.45. The number of carbonyl (C=O) groups is 2. The number of nitrogens with two attached hydrogens (primary N) is 1. The largest absolute Gasteiger partial charge is 0.366 e. The first kappa shape index (κ1) is 19.9. The number of hydrogen-bond acceptors (Lipinski definition) is 3. The second kappa shape index (κ2) is 7.56. The molecule has 0 aliphatic heterocycles. The predicted molar refractivity (Wildman–Crippen MR) is 117 cm³/mol. The number of aromatic amines is 1. The molecule has 1 aliphatic carbocycles. The summed E-state index contributed by atoms with van der Waals surface area (Å²) in [6, 6.07) is 14.0. The van der Waals surface area contributed by atoms with Gasteiger partial charge in [-0.3, -0.25) is 9.59 Å². The van der Waals surface area contributed by atoms with E-state index in [1.54, 1.807) is 30.3 Å². The van der Waals surface area contributed by atoms with E-state index in [1.807, 2.05) is 6.07 Å². The Labute approximate surface area is 181 Å². The summed E-state index contributed by atoms with van der Waals surface area (Å²) in [5, 5.41) is 2.88. The number of carbonyl (C=O) groups excluding carboxylic acids is 2. The van der Waals surface area contributed by atoms with Crippen molar-refractivity contribution in [2.45, 2.75) is 12.8 Å². The number of fused-ring (bicyclic) bond motifs is 1. The lowest BCUT2D eigenvalue weighted by molar-refractivity contribution is -0.117. The molecule has 0 radical (unpaired) electrons. The SMILES string of the molecule is NC(=O)c1cc(F)cc2[nH]c(-c3ccc(-c4cccc(NC(=O)C5CC5)c4)cc3F)nc12. The number of nitrogens with one attached hydrogen (secondary N) is 2. The van der Waals surface area contributed by atoms with E-state index in [-0.39, 0.29) is 39.8 Å². The number of aromatic nitrogens is 2. The molecule has 3 aromatic carbocycles. The Hall–Kier alpha value is -4.07. The molecule has 1 heterocycles. The Balaban J connectivity index is 1.48. The van der Waals surface area contributed by atoms with Crippen molar-refractivity contribution in [3.8, 4) is 22.5 Å². The molecule has 160 valence electrons. The lowest BCUT2D eigenvalue weighted by Crippen LogP contribution is -2.13. The number of rotatable bonds is 5. The fourth-order valence-electron chi connectivity index (χ4n) is 3.65. The van der Waals surface area contributed by atoms with Gasteiger partial charge in [-0.15, -0.1) is 0 Å². The van der Waals surface area contributed by atoms with Crippen LogP contribution in [0.4, 0.5) is 14.5 Å². The molecule has 1 aliphatic rings. The van der Waals surface area contributed by atoms with Crippen LogP contribution in [0, 0.1) is 17.6 Å². The van der Waals surface area contributed by atoms with Gasteiger partial charge < -0.3 is 16.0 Å². The molecule has 0 saturated heterocycles. The number of halogens is 2. The average Bonchev–Trinajstić information content (AvgIpc) is 3.53.